The molecule has 21 heavy (non-hydrogen) atoms. The molecule has 1 saturated heterocycles. The van der Waals surface area contributed by atoms with Crippen LogP contribution in [0.5, 0.6) is 0 Å². The maximum Gasteiger partial charge on any atom is 0.191 e. The van der Waals surface area contributed by atoms with Crippen LogP contribution in [0.2, 0.25) is 0 Å². The number of aryl methyl sites for hydroxylation is 2. The number of hydrogen-bond donors (Lipinski definition) is 1. The first kappa shape index (κ1) is 16.5. The Morgan fingerprint density at radius 2 is 2.14 bits per heavy atom. The summed E-state index contributed by atoms with van der Waals surface area (Å²) in [5.41, 5.74) is 6.06. The van der Waals surface area contributed by atoms with Crippen molar-refractivity contribution in [2.24, 2.45) is 16.6 Å². The van der Waals surface area contributed by atoms with E-state index >= 15 is 0 Å². The molecule has 7 nitrogen and oxygen atoms in total. The first-order valence-electron chi connectivity index (χ1n) is 7.25. The van der Waals surface area contributed by atoms with E-state index in [-0.39, 0.29) is 24.0 Å². The van der Waals surface area contributed by atoms with Crippen molar-refractivity contribution in [1.29, 1.82) is 0 Å². The summed E-state index contributed by atoms with van der Waals surface area (Å²) < 4.78 is 7.52. The molecule has 1 atom stereocenters. The largest absolute Gasteiger partial charge is 0.378 e. The van der Waals surface area contributed by atoms with Gasteiger partial charge in [0.15, 0.2) is 5.96 Å². The number of ether oxygens (including phenoxy) is 1. The van der Waals surface area contributed by atoms with Gasteiger partial charge < -0.3 is 19.9 Å². The molecule has 3 heterocycles. The van der Waals surface area contributed by atoms with Crippen molar-refractivity contribution in [3.8, 4) is 0 Å². The number of nitrogens with two attached hydrogens (primary N) is 1. The van der Waals surface area contributed by atoms with Gasteiger partial charge in [0, 0.05) is 32.6 Å². The minimum atomic E-state index is 0. The summed E-state index contributed by atoms with van der Waals surface area (Å²) in [6.07, 6.45) is 2.09. The highest BCUT2D eigenvalue weighted by Gasteiger charge is 2.21. The Morgan fingerprint density at radius 1 is 1.38 bits per heavy atom. The van der Waals surface area contributed by atoms with Crippen LogP contribution < -0.4 is 5.73 Å². The number of hydrogen-bond acceptors (Lipinski definition) is 4. The van der Waals surface area contributed by atoms with E-state index in [0.29, 0.717) is 11.9 Å². The number of rotatable bonds is 2. The number of aromatic nitrogens is 3. The van der Waals surface area contributed by atoms with E-state index < -0.39 is 0 Å². The lowest BCUT2D eigenvalue weighted by atomic mass is 9.99. The normalized spacial score (nSPS) is 22.6. The molecule has 3 rings (SSSR count). The second-order valence-electron chi connectivity index (χ2n) is 5.48. The molecule has 0 spiro atoms. The fourth-order valence-electron chi connectivity index (χ4n) is 2.79. The first-order chi connectivity index (χ1) is 9.74. The summed E-state index contributed by atoms with van der Waals surface area (Å²) in [5, 5.41) is 8.32. The molecular formula is C13H23IN6O. The molecule has 1 fully saturated rings. The Balaban J connectivity index is 0.00000161. The van der Waals surface area contributed by atoms with Crippen LogP contribution in [0.4, 0.5) is 0 Å². The molecule has 0 bridgehead atoms. The Hall–Kier alpha value is -0.900. The van der Waals surface area contributed by atoms with E-state index in [2.05, 4.69) is 24.7 Å². The van der Waals surface area contributed by atoms with E-state index in [4.69, 9.17) is 10.5 Å². The highest BCUT2D eigenvalue weighted by molar-refractivity contribution is 14.0. The standard InChI is InChI=1S/C13H22N6O.HI/c1-10-16-17-12-3-2-11(9-19(10)12)8-15-13(14)18-4-6-20-7-5-18;/h11H,2-9H2,1H3,(H2,14,15);1H. The average Bonchev–Trinajstić information content (AvgIpc) is 2.87. The third-order valence-electron chi connectivity index (χ3n) is 4.08. The van der Waals surface area contributed by atoms with Crippen molar-refractivity contribution in [2.45, 2.75) is 26.3 Å². The van der Waals surface area contributed by atoms with Crippen LogP contribution in [-0.4, -0.2) is 58.5 Å². The van der Waals surface area contributed by atoms with Crippen LogP contribution in [0.15, 0.2) is 4.99 Å². The average molecular weight is 406 g/mol. The van der Waals surface area contributed by atoms with Gasteiger partial charge in [-0.25, -0.2) is 0 Å². The Morgan fingerprint density at radius 3 is 2.90 bits per heavy atom. The molecule has 2 aliphatic heterocycles. The zero-order chi connectivity index (χ0) is 13.9. The van der Waals surface area contributed by atoms with Crippen molar-refractivity contribution < 1.29 is 4.74 Å². The van der Waals surface area contributed by atoms with Gasteiger partial charge in [-0.05, 0) is 19.3 Å². The molecule has 8 heteroatoms. The Bertz CT molecular complexity index is 497. The quantitative estimate of drug-likeness (QED) is 0.437. The molecule has 2 N–H and O–H groups in total. The highest BCUT2D eigenvalue weighted by Crippen LogP contribution is 2.20. The summed E-state index contributed by atoms with van der Waals surface area (Å²) in [6.45, 7) is 6.90. The van der Waals surface area contributed by atoms with Crippen molar-refractivity contribution in [3.05, 3.63) is 11.6 Å². The lowest BCUT2D eigenvalue weighted by Crippen LogP contribution is -2.45. The molecule has 0 amide bonds. The maximum absolute atomic E-state index is 6.06. The third kappa shape index (κ3) is 3.85. The molecule has 2 aliphatic rings. The number of morpholine rings is 1. The predicted octanol–water partition coefficient (Wildman–Crippen LogP) is 0.414. The van der Waals surface area contributed by atoms with Crippen LogP contribution in [0, 0.1) is 12.8 Å². The topological polar surface area (TPSA) is 81.6 Å². The van der Waals surface area contributed by atoms with E-state index in [1.54, 1.807) is 0 Å². The molecule has 0 saturated carbocycles. The second-order valence-corrected chi connectivity index (χ2v) is 5.48. The van der Waals surface area contributed by atoms with E-state index in [9.17, 15) is 0 Å². The van der Waals surface area contributed by atoms with Gasteiger partial charge in [-0.3, -0.25) is 4.99 Å². The van der Waals surface area contributed by atoms with E-state index in [1.165, 1.54) is 0 Å². The predicted molar refractivity (Wildman–Crippen MR) is 90.9 cm³/mol. The highest BCUT2D eigenvalue weighted by atomic mass is 127. The number of guanidine groups is 1. The number of nitrogens with zero attached hydrogens (tertiary/aromatic N) is 5. The van der Waals surface area contributed by atoms with Gasteiger partial charge in [-0.15, -0.1) is 34.2 Å². The summed E-state index contributed by atoms with van der Waals surface area (Å²) in [4.78, 5) is 6.67. The molecule has 0 radical (unpaired) electrons. The minimum Gasteiger partial charge on any atom is -0.378 e. The summed E-state index contributed by atoms with van der Waals surface area (Å²) in [6, 6.07) is 0. The van der Waals surface area contributed by atoms with Gasteiger partial charge in [0.2, 0.25) is 0 Å². The fraction of sp³-hybridized carbons (Fsp3) is 0.769. The molecule has 1 aromatic heterocycles. The van der Waals surface area contributed by atoms with Crippen molar-refractivity contribution in [2.75, 3.05) is 32.8 Å². The monoisotopic (exact) mass is 406 g/mol. The summed E-state index contributed by atoms with van der Waals surface area (Å²) in [5.74, 6) is 3.27. The molecule has 1 aromatic rings. The van der Waals surface area contributed by atoms with Crippen molar-refractivity contribution >= 4 is 29.9 Å². The maximum atomic E-state index is 6.06. The van der Waals surface area contributed by atoms with E-state index in [0.717, 1.165) is 63.9 Å². The minimum absolute atomic E-state index is 0. The van der Waals surface area contributed by atoms with Crippen LogP contribution in [0.3, 0.4) is 0 Å². The number of fused-ring (bicyclic) bond motifs is 1. The molecular weight excluding hydrogens is 383 g/mol. The van der Waals surface area contributed by atoms with Gasteiger partial charge in [0.25, 0.3) is 0 Å². The van der Waals surface area contributed by atoms with Gasteiger partial charge in [-0.2, -0.15) is 0 Å². The van der Waals surface area contributed by atoms with Crippen LogP contribution in [-0.2, 0) is 17.7 Å². The first-order valence-corrected chi connectivity index (χ1v) is 7.25. The lowest BCUT2D eigenvalue weighted by molar-refractivity contribution is 0.0673. The Kier molecular flexibility index (Phi) is 5.80. The smallest absolute Gasteiger partial charge is 0.191 e. The van der Waals surface area contributed by atoms with Crippen molar-refractivity contribution in [1.82, 2.24) is 19.7 Å². The number of aliphatic imine (C=N–C) groups is 1. The van der Waals surface area contributed by atoms with Crippen molar-refractivity contribution in [3.63, 3.8) is 0 Å². The molecule has 118 valence electrons. The molecule has 0 aliphatic carbocycles. The lowest BCUT2D eigenvalue weighted by Gasteiger charge is -2.28. The van der Waals surface area contributed by atoms with Gasteiger partial charge in [0.1, 0.15) is 11.6 Å². The zero-order valence-corrected chi connectivity index (χ0v) is 14.7. The molecule has 1 unspecified atom stereocenters. The molecule has 0 aromatic carbocycles. The SMILES string of the molecule is Cc1nnc2n1CC(CN=C(N)N1CCOCC1)CC2.I. The number of halogens is 1. The van der Waals surface area contributed by atoms with Gasteiger partial charge in [-0.1, -0.05) is 0 Å². The summed E-state index contributed by atoms with van der Waals surface area (Å²) >= 11 is 0. The Labute approximate surface area is 142 Å². The van der Waals surface area contributed by atoms with Crippen LogP contribution in [0.1, 0.15) is 18.1 Å². The zero-order valence-electron chi connectivity index (χ0n) is 12.4. The third-order valence-corrected chi connectivity index (χ3v) is 4.08. The van der Waals surface area contributed by atoms with Crippen LogP contribution in [0.25, 0.3) is 0 Å². The van der Waals surface area contributed by atoms with Gasteiger partial charge >= 0.3 is 0 Å². The van der Waals surface area contributed by atoms with Crippen LogP contribution >= 0.6 is 24.0 Å². The van der Waals surface area contributed by atoms with Gasteiger partial charge in [0.05, 0.1) is 13.2 Å². The summed E-state index contributed by atoms with van der Waals surface area (Å²) in [7, 11) is 0. The second kappa shape index (κ2) is 7.39. The fourth-order valence-corrected chi connectivity index (χ4v) is 2.79. The van der Waals surface area contributed by atoms with E-state index in [1.807, 2.05) is 6.92 Å².